The Morgan fingerprint density at radius 2 is 1.94 bits per heavy atom. The molecule has 1 saturated carbocycles. The highest BCUT2D eigenvalue weighted by atomic mass is 15.2. The van der Waals surface area contributed by atoms with E-state index < -0.39 is 0 Å². The molecule has 1 heteroatoms. The quantitative estimate of drug-likeness (QED) is 0.686. The fourth-order valence-electron chi connectivity index (χ4n) is 3.48. The Morgan fingerprint density at radius 3 is 2.71 bits per heavy atom. The van der Waals surface area contributed by atoms with E-state index in [2.05, 4.69) is 29.2 Å². The van der Waals surface area contributed by atoms with Crippen LogP contribution in [-0.4, -0.2) is 17.5 Å². The van der Waals surface area contributed by atoms with Crippen molar-refractivity contribution in [1.82, 2.24) is 4.90 Å². The van der Waals surface area contributed by atoms with Gasteiger partial charge in [-0.25, -0.2) is 0 Å². The summed E-state index contributed by atoms with van der Waals surface area (Å²) in [7, 11) is 0. The van der Waals surface area contributed by atoms with Crippen LogP contribution in [0, 0.1) is 0 Å². The topological polar surface area (TPSA) is 3.24 Å². The van der Waals surface area contributed by atoms with Crippen molar-refractivity contribution >= 4 is 0 Å². The molecule has 0 aromatic heterocycles. The molecule has 0 bridgehead atoms. The Balaban J connectivity index is 1.74. The van der Waals surface area contributed by atoms with Crippen molar-refractivity contribution in [2.75, 3.05) is 6.54 Å². The van der Waals surface area contributed by atoms with E-state index in [9.17, 15) is 0 Å². The summed E-state index contributed by atoms with van der Waals surface area (Å²) in [5, 5.41) is 0. The number of allylic oxidation sites excluding steroid dienone is 4. The molecule has 1 nitrogen and oxygen atoms in total. The molecular weight excluding hydrogens is 206 g/mol. The minimum absolute atomic E-state index is 0.837. The van der Waals surface area contributed by atoms with Gasteiger partial charge in [0.1, 0.15) is 0 Å². The first-order valence-electron chi connectivity index (χ1n) is 7.28. The maximum atomic E-state index is 2.71. The normalized spacial score (nSPS) is 26.0. The lowest BCUT2D eigenvalue weighted by Crippen LogP contribution is -2.34. The van der Waals surface area contributed by atoms with E-state index in [0.29, 0.717) is 0 Å². The molecule has 1 fully saturated rings. The van der Waals surface area contributed by atoms with Gasteiger partial charge >= 0.3 is 0 Å². The minimum atomic E-state index is 0.837. The van der Waals surface area contributed by atoms with Gasteiger partial charge in [0.2, 0.25) is 0 Å². The first-order chi connectivity index (χ1) is 8.45. The van der Waals surface area contributed by atoms with Crippen LogP contribution in [0.15, 0.2) is 35.6 Å². The summed E-state index contributed by atoms with van der Waals surface area (Å²) in [5.74, 6) is 0. The van der Waals surface area contributed by atoms with Crippen LogP contribution < -0.4 is 0 Å². The highest BCUT2D eigenvalue weighted by Gasteiger charge is 2.26. The van der Waals surface area contributed by atoms with Gasteiger partial charge in [-0.05, 0) is 37.7 Å². The summed E-state index contributed by atoms with van der Waals surface area (Å²) < 4.78 is 0. The summed E-state index contributed by atoms with van der Waals surface area (Å²) in [6.45, 7) is 1.26. The zero-order chi connectivity index (χ0) is 11.5. The van der Waals surface area contributed by atoms with Gasteiger partial charge in [-0.2, -0.15) is 0 Å². The molecule has 2 aliphatic carbocycles. The van der Waals surface area contributed by atoms with Crippen molar-refractivity contribution in [3.8, 4) is 0 Å². The molecule has 0 unspecified atom stereocenters. The molecule has 3 aliphatic rings. The van der Waals surface area contributed by atoms with E-state index >= 15 is 0 Å². The van der Waals surface area contributed by atoms with Crippen molar-refractivity contribution in [1.29, 1.82) is 0 Å². The van der Waals surface area contributed by atoms with Crippen molar-refractivity contribution in [3.63, 3.8) is 0 Å². The minimum Gasteiger partial charge on any atom is -0.368 e. The van der Waals surface area contributed by atoms with Crippen LogP contribution in [0.1, 0.15) is 51.4 Å². The van der Waals surface area contributed by atoms with Gasteiger partial charge in [-0.15, -0.1) is 0 Å². The van der Waals surface area contributed by atoms with Gasteiger partial charge in [0.25, 0.3) is 0 Å². The van der Waals surface area contributed by atoms with Crippen molar-refractivity contribution in [2.24, 2.45) is 0 Å². The smallest absolute Gasteiger partial charge is 0.0361 e. The first-order valence-corrected chi connectivity index (χ1v) is 7.28. The lowest BCUT2D eigenvalue weighted by molar-refractivity contribution is 0.218. The Bertz CT molecular complexity index is 356. The number of rotatable bonds is 2. The Morgan fingerprint density at radius 1 is 1.06 bits per heavy atom. The third kappa shape index (κ3) is 2.34. The average Bonchev–Trinajstić information content (AvgIpc) is 2.90. The van der Waals surface area contributed by atoms with Crippen LogP contribution >= 0.6 is 0 Å². The van der Waals surface area contributed by atoms with Gasteiger partial charge in [0, 0.05) is 18.3 Å². The van der Waals surface area contributed by atoms with Crippen molar-refractivity contribution in [2.45, 2.75) is 57.4 Å². The van der Waals surface area contributed by atoms with E-state index in [1.807, 2.05) is 0 Å². The molecule has 0 atom stereocenters. The summed E-state index contributed by atoms with van der Waals surface area (Å²) in [6.07, 6.45) is 20.2. The van der Waals surface area contributed by atoms with Gasteiger partial charge in [-0.1, -0.05) is 43.6 Å². The fourth-order valence-corrected chi connectivity index (χ4v) is 3.48. The van der Waals surface area contributed by atoms with Crippen molar-refractivity contribution in [3.05, 3.63) is 35.6 Å². The lowest BCUT2D eigenvalue weighted by Gasteiger charge is -2.36. The molecule has 3 rings (SSSR count). The van der Waals surface area contributed by atoms with E-state index in [4.69, 9.17) is 0 Å². The van der Waals surface area contributed by atoms with Gasteiger partial charge in [-0.3, -0.25) is 0 Å². The predicted molar refractivity (Wildman–Crippen MR) is 72.7 cm³/mol. The van der Waals surface area contributed by atoms with Crippen LogP contribution in [0.4, 0.5) is 0 Å². The summed E-state index contributed by atoms with van der Waals surface area (Å²) in [4.78, 5) is 2.71. The molecule has 0 saturated heterocycles. The van der Waals surface area contributed by atoms with E-state index in [0.717, 1.165) is 6.04 Å². The van der Waals surface area contributed by atoms with Gasteiger partial charge < -0.3 is 4.90 Å². The van der Waals surface area contributed by atoms with Crippen LogP contribution in [0.25, 0.3) is 0 Å². The molecular formula is C16H23N. The van der Waals surface area contributed by atoms with Crippen LogP contribution in [-0.2, 0) is 0 Å². The number of nitrogens with zero attached hydrogens (tertiary/aromatic N) is 1. The Labute approximate surface area is 105 Å². The van der Waals surface area contributed by atoms with Crippen LogP contribution in [0.5, 0.6) is 0 Å². The molecule has 92 valence electrons. The van der Waals surface area contributed by atoms with E-state index in [-0.39, 0.29) is 0 Å². The second-order valence-corrected chi connectivity index (χ2v) is 5.52. The van der Waals surface area contributed by atoms with Crippen molar-refractivity contribution < 1.29 is 0 Å². The average molecular weight is 229 g/mol. The molecule has 0 radical (unpaired) electrons. The van der Waals surface area contributed by atoms with Gasteiger partial charge in [0.05, 0.1) is 0 Å². The molecule has 0 aromatic carbocycles. The molecule has 0 spiro atoms. The summed E-state index contributed by atoms with van der Waals surface area (Å²) >= 11 is 0. The second-order valence-electron chi connectivity index (χ2n) is 5.52. The standard InChI is InChI=1S/C16H23N/c1-3-8-14(9-4-1)16-12-7-13-17(16)15-10-5-2-6-11-15/h1,3,8,12,15H,2,4-7,9-11,13H2. The third-order valence-electron chi connectivity index (χ3n) is 4.38. The second kappa shape index (κ2) is 5.12. The number of hydrogen-bond donors (Lipinski definition) is 0. The summed E-state index contributed by atoms with van der Waals surface area (Å²) in [5.41, 5.74) is 3.15. The molecule has 0 aromatic rings. The van der Waals surface area contributed by atoms with Crippen LogP contribution in [0.2, 0.25) is 0 Å². The molecule has 0 N–H and O–H groups in total. The molecule has 1 heterocycles. The highest BCUT2D eigenvalue weighted by molar-refractivity contribution is 5.37. The zero-order valence-corrected chi connectivity index (χ0v) is 10.7. The number of hydrogen-bond acceptors (Lipinski definition) is 1. The Hall–Kier alpha value is -0.980. The van der Waals surface area contributed by atoms with Crippen LogP contribution in [0.3, 0.4) is 0 Å². The maximum Gasteiger partial charge on any atom is 0.0361 e. The molecule has 0 amide bonds. The predicted octanol–water partition coefficient (Wildman–Crippen LogP) is 4.19. The van der Waals surface area contributed by atoms with Gasteiger partial charge in [0.15, 0.2) is 0 Å². The maximum absolute atomic E-state index is 2.71. The first kappa shape index (κ1) is 11.1. The van der Waals surface area contributed by atoms with E-state index in [1.54, 1.807) is 11.3 Å². The fraction of sp³-hybridized carbons (Fsp3) is 0.625. The third-order valence-corrected chi connectivity index (χ3v) is 4.38. The lowest BCUT2D eigenvalue weighted by atomic mass is 9.93. The monoisotopic (exact) mass is 229 g/mol. The SMILES string of the molecule is C1=CCCC(C2=CCCN2C2CCCCC2)=C1. The highest BCUT2D eigenvalue weighted by Crippen LogP contribution is 2.33. The Kier molecular flexibility index (Phi) is 3.35. The molecule has 1 aliphatic heterocycles. The zero-order valence-electron chi connectivity index (χ0n) is 10.7. The molecule has 17 heavy (non-hydrogen) atoms. The largest absolute Gasteiger partial charge is 0.368 e. The van der Waals surface area contributed by atoms with E-state index in [1.165, 1.54) is 57.9 Å². The summed E-state index contributed by atoms with van der Waals surface area (Å²) in [6, 6.07) is 0.837.